The molecule has 40 heavy (non-hydrogen) atoms. The zero-order chi connectivity index (χ0) is 28.9. The number of imidazole rings is 1. The number of aromatic nitrogens is 2. The lowest BCUT2D eigenvalue weighted by atomic mass is 9.84. The molecule has 4 rings (SSSR count). The molecule has 1 aromatic heterocycles. The second-order valence-electron chi connectivity index (χ2n) is 12.2. The molecule has 2 N–H and O–H groups in total. The van der Waals surface area contributed by atoms with Crippen molar-refractivity contribution in [1.82, 2.24) is 24.3 Å². The Morgan fingerprint density at radius 3 is 2.20 bits per heavy atom. The Hall–Kier alpha value is -3.23. The van der Waals surface area contributed by atoms with Crippen LogP contribution in [0.15, 0.2) is 66.9 Å². The van der Waals surface area contributed by atoms with E-state index in [1.165, 1.54) is 0 Å². The summed E-state index contributed by atoms with van der Waals surface area (Å²) in [4.78, 5) is 25.2. The van der Waals surface area contributed by atoms with E-state index in [9.17, 15) is 4.79 Å². The van der Waals surface area contributed by atoms with Gasteiger partial charge < -0.3 is 25.0 Å². The van der Waals surface area contributed by atoms with Gasteiger partial charge in [0.25, 0.3) is 0 Å². The van der Waals surface area contributed by atoms with Crippen LogP contribution in [-0.2, 0) is 6.54 Å². The molecule has 2 amide bonds. The first-order chi connectivity index (χ1) is 19.1. The summed E-state index contributed by atoms with van der Waals surface area (Å²) in [6.07, 6.45) is 2.50. The molecule has 7 nitrogen and oxygen atoms in total. The van der Waals surface area contributed by atoms with Crippen LogP contribution in [0.1, 0.15) is 51.0 Å². The van der Waals surface area contributed by atoms with E-state index in [1.54, 1.807) is 4.90 Å². The molecule has 0 bridgehead atoms. The lowest BCUT2D eigenvalue weighted by Gasteiger charge is -2.44. The lowest BCUT2D eigenvalue weighted by molar-refractivity contribution is 0.0579. The van der Waals surface area contributed by atoms with Gasteiger partial charge in [0, 0.05) is 44.0 Å². The van der Waals surface area contributed by atoms with Crippen LogP contribution in [0.25, 0.3) is 11.3 Å². The number of carbonyl (C=O) groups excluding carboxylic acids is 1. The van der Waals surface area contributed by atoms with Crippen LogP contribution in [0.5, 0.6) is 0 Å². The van der Waals surface area contributed by atoms with Gasteiger partial charge in [0.2, 0.25) is 0 Å². The average molecular weight is 549 g/mol. The van der Waals surface area contributed by atoms with Crippen molar-refractivity contribution in [1.29, 1.82) is 0 Å². The van der Waals surface area contributed by atoms with Crippen LogP contribution < -0.4 is 5.73 Å². The minimum absolute atomic E-state index is 0.0796. The molecular formula is C32H45FN6O. The van der Waals surface area contributed by atoms with Crippen LogP contribution in [0, 0.1) is 5.41 Å². The molecule has 0 saturated carbocycles. The monoisotopic (exact) mass is 548 g/mol. The third-order valence-corrected chi connectivity index (χ3v) is 7.81. The van der Waals surface area contributed by atoms with Gasteiger partial charge in [0.05, 0.1) is 18.3 Å². The number of nitrogens with zero attached hydrogens (tertiary/aromatic N) is 5. The maximum Gasteiger partial charge on any atom is 0.320 e. The highest BCUT2D eigenvalue weighted by atomic mass is 19.1. The van der Waals surface area contributed by atoms with Crippen molar-refractivity contribution in [3.63, 3.8) is 0 Å². The first kappa shape index (κ1) is 29.7. The fourth-order valence-electron chi connectivity index (χ4n) is 5.63. The summed E-state index contributed by atoms with van der Waals surface area (Å²) in [7, 11) is 4.16. The Labute approximate surface area is 238 Å². The molecule has 0 aliphatic carbocycles. The Bertz CT molecular complexity index is 1220. The standard InChI is InChI=1S/C32H45FN6O/c1-32(2,3)29(39(22-26(33)20-34)31(40)37-18-16-27(17-19-37)36(4)5)30-35-28(25-14-10-7-11-15-25)23-38(30)21-24-12-8-6-9-13-24/h6-15,23,26-27,29H,16-22,34H2,1-5H3/t26-,29-/m0/s1. The molecule has 2 atom stereocenters. The minimum Gasteiger partial charge on any atom is -0.328 e. The van der Waals surface area contributed by atoms with Gasteiger partial charge in [-0.25, -0.2) is 14.2 Å². The maximum absolute atomic E-state index is 15.1. The number of nitrogens with two attached hydrogens (primary N) is 1. The van der Waals surface area contributed by atoms with Gasteiger partial charge in [-0.05, 0) is 37.9 Å². The summed E-state index contributed by atoms with van der Waals surface area (Å²) in [5.74, 6) is 0.746. The predicted octanol–water partition coefficient (Wildman–Crippen LogP) is 5.43. The summed E-state index contributed by atoms with van der Waals surface area (Å²) in [5, 5.41) is 0. The van der Waals surface area contributed by atoms with E-state index in [1.807, 2.05) is 53.4 Å². The van der Waals surface area contributed by atoms with Crippen LogP contribution in [0.4, 0.5) is 9.18 Å². The van der Waals surface area contributed by atoms with Gasteiger partial charge in [-0.3, -0.25) is 0 Å². The number of amides is 2. The molecule has 0 unspecified atom stereocenters. The number of carbonyl (C=O) groups is 1. The molecule has 8 heteroatoms. The molecule has 0 spiro atoms. The number of hydrogen-bond acceptors (Lipinski definition) is 4. The Morgan fingerprint density at radius 2 is 1.65 bits per heavy atom. The van der Waals surface area contributed by atoms with Gasteiger partial charge in [0.1, 0.15) is 12.0 Å². The SMILES string of the molecule is CN(C)C1CCN(C(=O)N(C[C@@H](F)CN)[C@@H](c2nc(-c3ccccc3)cn2Cc2ccccc2)C(C)(C)C)CC1. The highest BCUT2D eigenvalue weighted by Gasteiger charge is 2.41. The van der Waals surface area contributed by atoms with Crippen molar-refractivity contribution in [3.8, 4) is 11.3 Å². The third-order valence-electron chi connectivity index (χ3n) is 7.81. The van der Waals surface area contributed by atoms with Crippen molar-refractivity contribution in [2.24, 2.45) is 11.1 Å². The number of alkyl halides is 1. The number of halogens is 1. The largest absolute Gasteiger partial charge is 0.328 e. The molecule has 1 fully saturated rings. The van der Waals surface area contributed by atoms with Crippen LogP contribution in [0.2, 0.25) is 0 Å². The topological polar surface area (TPSA) is 70.6 Å². The lowest BCUT2D eigenvalue weighted by Crippen LogP contribution is -2.54. The quantitative estimate of drug-likeness (QED) is 0.387. The van der Waals surface area contributed by atoms with Crippen molar-refractivity contribution >= 4 is 6.03 Å². The second kappa shape index (κ2) is 13.0. The highest BCUT2D eigenvalue weighted by molar-refractivity contribution is 5.75. The van der Waals surface area contributed by atoms with Crippen molar-refractivity contribution in [3.05, 3.63) is 78.2 Å². The fraction of sp³-hybridized carbons (Fsp3) is 0.500. The zero-order valence-electron chi connectivity index (χ0n) is 24.6. The summed E-state index contributed by atoms with van der Waals surface area (Å²) in [5.41, 5.74) is 8.28. The van der Waals surface area contributed by atoms with E-state index in [-0.39, 0.29) is 19.1 Å². The van der Waals surface area contributed by atoms with Crippen molar-refractivity contribution in [2.45, 2.75) is 58.4 Å². The molecule has 1 aliphatic rings. The molecular weight excluding hydrogens is 503 g/mol. The van der Waals surface area contributed by atoms with E-state index in [0.717, 1.165) is 35.5 Å². The minimum atomic E-state index is -1.33. The van der Waals surface area contributed by atoms with E-state index in [4.69, 9.17) is 10.7 Å². The number of hydrogen-bond donors (Lipinski definition) is 1. The number of likely N-dealkylation sites (tertiary alicyclic amines) is 1. The van der Waals surface area contributed by atoms with Crippen LogP contribution >= 0.6 is 0 Å². The second-order valence-corrected chi connectivity index (χ2v) is 12.2. The molecule has 2 heterocycles. The smallest absolute Gasteiger partial charge is 0.320 e. The highest BCUT2D eigenvalue weighted by Crippen LogP contribution is 2.40. The molecule has 0 radical (unpaired) electrons. The molecule has 1 saturated heterocycles. The van der Waals surface area contributed by atoms with E-state index < -0.39 is 17.6 Å². The third kappa shape index (κ3) is 7.09. The molecule has 2 aromatic carbocycles. The Morgan fingerprint density at radius 1 is 1.05 bits per heavy atom. The molecule has 1 aliphatic heterocycles. The van der Waals surface area contributed by atoms with Crippen molar-refractivity contribution < 1.29 is 9.18 Å². The van der Waals surface area contributed by atoms with E-state index in [0.29, 0.717) is 25.7 Å². The van der Waals surface area contributed by atoms with E-state index in [2.05, 4.69) is 62.7 Å². The first-order valence-corrected chi connectivity index (χ1v) is 14.3. The summed E-state index contributed by atoms with van der Waals surface area (Å²) >= 11 is 0. The number of piperidine rings is 1. The molecule has 3 aromatic rings. The van der Waals surface area contributed by atoms with Gasteiger partial charge in [-0.2, -0.15) is 0 Å². The summed E-state index contributed by atoms with van der Waals surface area (Å²) < 4.78 is 17.2. The average Bonchev–Trinajstić information content (AvgIpc) is 3.35. The van der Waals surface area contributed by atoms with Gasteiger partial charge in [-0.1, -0.05) is 81.4 Å². The maximum atomic E-state index is 15.1. The Kier molecular flexibility index (Phi) is 9.64. The summed E-state index contributed by atoms with van der Waals surface area (Å²) in [6, 6.07) is 20.1. The van der Waals surface area contributed by atoms with Crippen LogP contribution in [0.3, 0.4) is 0 Å². The number of rotatable bonds is 9. The number of benzene rings is 2. The summed E-state index contributed by atoms with van der Waals surface area (Å²) in [6.45, 7) is 7.93. The first-order valence-electron chi connectivity index (χ1n) is 14.3. The predicted molar refractivity (Wildman–Crippen MR) is 160 cm³/mol. The van der Waals surface area contributed by atoms with Gasteiger partial charge in [-0.15, -0.1) is 0 Å². The zero-order valence-corrected chi connectivity index (χ0v) is 24.6. The van der Waals surface area contributed by atoms with Crippen molar-refractivity contribution in [2.75, 3.05) is 40.3 Å². The van der Waals surface area contributed by atoms with Gasteiger partial charge >= 0.3 is 6.03 Å². The molecule has 216 valence electrons. The van der Waals surface area contributed by atoms with Crippen LogP contribution in [-0.4, -0.2) is 82.8 Å². The Balaban J connectivity index is 1.78. The number of urea groups is 1. The van der Waals surface area contributed by atoms with Gasteiger partial charge in [0.15, 0.2) is 0 Å². The normalized spacial score (nSPS) is 16.2. The van der Waals surface area contributed by atoms with E-state index >= 15 is 4.39 Å². The fourth-order valence-corrected chi connectivity index (χ4v) is 5.63.